The molecular formula is C21H28FN5. The number of hydrogen-bond donors (Lipinski definition) is 1. The number of nitrogens with zero attached hydrogens (tertiary/aromatic N) is 4. The first-order chi connectivity index (χ1) is 13.0. The molecule has 0 aliphatic carbocycles. The van der Waals surface area contributed by atoms with Crippen molar-refractivity contribution in [3.63, 3.8) is 0 Å². The highest BCUT2D eigenvalue weighted by Crippen LogP contribution is 2.19. The number of benzene rings is 2. The minimum atomic E-state index is -0.206. The smallest absolute Gasteiger partial charge is 0.191 e. The monoisotopic (exact) mass is 369 g/mol. The van der Waals surface area contributed by atoms with Crippen LogP contribution in [0.15, 0.2) is 59.6 Å². The van der Waals surface area contributed by atoms with E-state index in [1.807, 2.05) is 30.3 Å². The number of rotatable bonds is 5. The summed E-state index contributed by atoms with van der Waals surface area (Å²) in [7, 11) is 4.12. The normalized spacial score (nSPS) is 16.7. The number of nitrogens with two attached hydrogens (primary N) is 1. The largest absolute Gasteiger partial charge is 0.370 e. The van der Waals surface area contributed by atoms with E-state index in [0.29, 0.717) is 12.5 Å². The van der Waals surface area contributed by atoms with E-state index in [2.05, 4.69) is 45.9 Å². The minimum Gasteiger partial charge on any atom is -0.370 e. The van der Waals surface area contributed by atoms with E-state index in [1.165, 1.54) is 17.7 Å². The Hall–Kier alpha value is -2.60. The van der Waals surface area contributed by atoms with Gasteiger partial charge in [0.05, 0.1) is 12.6 Å². The highest BCUT2D eigenvalue weighted by atomic mass is 19.1. The maximum atomic E-state index is 13.1. The second-order valence-electron chi connectivity index (χ2n) is 7.04. The third kappa shape index (κ3) is 4.98. The van der Waals surface area contributed by atoms with Gasteiger partial charge in [-0.2, -0.15) is 0 Å². The van der Waals surface area contributed by atoms with Gasteiger partial charge in [0.15, 0.2) is 5.96 Å². The second kappa shape index (κ2) is 8.86. The maximum absolute atomic E-state index is 13.1. The number of guanidine groups is 1. The van der Waals surface area contributed by atoms with Crippen molar-refractivity contribution >= 4 is 11.6 Å². The number of piperazine rings is 1. The predicted molar refractivity (Wildman–Crippen MR) is 110 cm³/mol. The van der Waals surface area contributed by atoms with Crippen LogP contribution in [0, 0.1) is 5.82 Å². The number of halogens is 1. The highest BCUT2D eigenvalue weighted by Gasteiger charge is 2.19. The molecule has 0 bridgehead atoms. The minimum absolute atomic E-state index is 0.199. The van der Waals surface area contributed by atoms with Crippen LogP contribution in [0.3, 0.4) is 0 Å². The number of aliphatic imine (C=N–C) groups is 1. The quantitative estimate of drug-likeness (QED) is 0.650. The van der Waals surface area contributed by atoms with E-state index in [9.17, 15) is 4.39 Å². The molecule has 2 aromatic rings. The molecule has 0 aromatic heterocycles. The molecule has 0 saturated carbocycles. The lowest BCUT2D eigenvalue weighted by Crippen LogP contribution is -2.51. The Morgan fingerprint density at radius 2 is 1.67 bits per heavy atom. The Kier molecular flexibility index (Phi) is 6.29. The molecule has 1 fully saturated rings. The first kappa shape index (κ1) is 19.2. The van der Waals surface area contributed by atoms with Gasteiger partial charge >= 0.3 is 0 Å². The molecule has 1 aliphatic rings. The van der Waals surface area contributed by atoms with Crippen molar-refractivity contribution in [2.75, 3.05) is 51.7 Å². The van der Waals surface area contributed by atoms with Gasteiger partial charge in [0.25, 0.3) is 0 Å². The molecule has 1 unspecified atom stereocenters. The van der Waals surface area contributed by atoms with E-state index < -0.39 is 0 Å². The van der Waals surface area contributed by atoms with Gasteiger partial charge in [-0.05, 0) is 43.9 Å². The van der Waals surface area contributed by atoms with Crippen molar-refractivity contribution in [1.29, 1.82) is 0 Å². The average molecular weight is 369 g/mol. The molecule has 6 heteroatoms. The lowest BCUT2D eigenvalue weighted by atomic mass is 10.1. The Morgan fingerprint density at radius 3 is 2.26 bits per heavy atom. The van der Waals surface area contributed by atoms with Gasteiger partial charge in [-0.25, -0.2) is 4.39 Å². The third-order valence-corrected chi connectivity index (χ3v) is 5.03. The summed E-state index contributed by atoms with van der Waals surface area (Å²) in [4.78, 5) is 11.2. The van der Waals surface area contributed by atoms with E-state index in [4.69, 9.17) is 5.73 Å². The van der Waals surface area contributed by atoms with E-state index >= 15 is 0 Å². The molecule has 1 aliphatic heterocycles. The Balaban J connectivity index is 1.58. The molecule has 5 nitrogen and oxygen atoms in total. The summed E-state index contributed by atoms with van der Waals surface area (Å²) in [5.74, 6) is 0.388. The van der Waals surface area contributed by atoms with Gasteiger partial charge in [0.2, 0.25) is 0 Å². The fraction of sp³-hybridized carbons (Fsp3) is 0.381. The van der Waals surface area contributed by atoms with Crippen molar-refractivity contribution in [2.24, 2.45) is 10.7 Å². The summed E-state index contributed by atoms with van der Waals surface area (Å²) in [6, 6.07) is 17.2. The first-order valence-electron chi connectivity index (χ1n) is 9.31. The van der Waals surface area contributed by atoms with Gasteiger partial charge in [-0.15, -0.1) is 0 Å². The Bertz CT molecular complexity index is 737. The van der Waals surface area contributed by atoms with Crippen molar-refractivity contribution in [3.05, 3.63) is 66.0 Å². The SMILES string of the molecule is CN(C)C(CN=C(N)N1CCN(c2ccc(F)cc2)CC1)c1ccccc1. The van der Waals surface area contributed by atoms with Crippen LogP contribution in [0.2, 0.25) is 0 Å². The molecule has 0 amide bonds. The highest BCUT2D eigenvalue weighted by molar-refractivity contribution is 5.78. The summed E-state index contributed by atoms with van der Waals surface area (Å²) in [6.45, 7) is 3.94. The lowest BCUT2D eigenvalue weighted by Gasteiger charge is -2.36. The molecule has 27 heavy (non-hydrogen) atoms. The zero-order valence-corrected chi connectivity index (χ0v) is 16.1. The molecule has 0 spiro atoms. The molecule has 3 rings (SSSR count). The second-order valence-corrected chi connectivity index (χ2v) is 7.04. The maximum Gasteiger partial charge on any atom is 0.191 e. The Labute approximate surface area is 160 Å². The van der Waals surface area contributed by atoms with Crippen LogP contribution in [0.5, 0.6) is 0 Å². The molecule has 2 N–H and O–H groups in total. The number of anilines is 1. The van der Waals surface area contributed by atoms with Gasteiger partial charge in [0.1, 0.15) is 5.82 Å². The van der Waals surface area contributed by atoms with Gasteiger partial charge < -0.3 is 20.4 Å². The van der Waals surface area contributed by atoms with E-state index in [0.717, 1.165) is 31.9 Å². The zero-order valence-electron chi connectivity index (χ0n) is 16.1. The molecule has 1 atom stereocenters. The molecule has 1 saturated heterocycles. The van der Waals surface area contributed by atoms with Crippen LogP contribution >= 0.6 is 0 Å². The predicted octanol–water partition coefficient (Wildman–Crippen LogP) is 2.57. The summed E-state index contributed by atoms with van der Waals surface area (Å²) >= 11 is 0. The lowest BCUT2D eigenvalue weighted by molar-refractivity contribution is 0.304. The summed E-state index contributed by atoms with van der Waals surface area (Å²) < 4.78 is 13.1. The van der Waals surface area contributed by atoms with Crippen molar-refractivity contribution in [2.45, 2.75) is 6.04 Å². The van der Waals surface area contributed by atoms with Crippen LogP contribution in [0.25, 0.3) is 0 Å². The van der Waals surface area contributed by atoms with Crippen LogP contribution < -0.4 is 10.6 Å². The molecule has 144 valence electrons. The van der Waals surface area contributed by atoms with Crippen LogP contribution in [0.4, 0.5) is 10.1 Å². The first-order valence-corrected chi connectivity index (χ1v) is 9.31. The Morgan fingerprint density at radius 1 is 1.04 bits per heavy atom. The van der Waals surface area contributed by atoms with Crippen LogP contribution in [0.1, 0.15) is 11.6 Å². The fourth-order valence-corrected chi connectivity index (χ4v) is 3.37. The summed E-state index contributed by atoms with van der Waals surface area (Å²) in [5, 5.41) is 0. The van der Waals surface area contributed by atoms with Gasteiger partial charge in [-0.3, -0.25) is 4.99 Å². The van der Waals surface area contributed by atoms with Crippen molar-refractivity contribution in [3.8, 4) is 0 Å². The molecule has 1 heterocycles. The third-order valence-electron chi connectivity index (χ3n) is 5.03. The van der Waals surface area contributed by atoms with E-state index in [-0.39, 0.29) is 11.9 Å². The van der Waals surface area contributed by atoms with Crippen LogP contribution in [-0.2, 0) is 0 Å². The number of hydrogen-bond acceptors (Lipinski definition) is 3. The van der Waals surface area contributed by atoms with Crippen molar-refractivity contribution in [1.82, 2.24) is 9.80 Å². The zero-order chi connectivity index (χ0) is 19.2. The molecular weight excluding hydrogens is 341 g/mol. The van der Waals surface area contributed by atoms with Gasteiger partial charge in [-0.1, -0.05) is 30.3 Å². The molecule has 0 radical (unpaired) electrons. The standard InChI is InChI=1S/C21H28FN5/c1-25(2)20(17-6-4-3-5-7-17)16-24-21(23)27-14-12-26(13-15-27)19-10-8-18(22)9-11-19/h3-11,20H,12-16H2,1-2H3,(H2,23,24). The van der Waals surface area contributed by atoms with Crippen LogP contribution in [-0.4, -0.2) is 62.6 Å². The topological polar surface area (TPSA) is 48.1 Å². The van der Waals surface area contributed by atoms with Gasteiger partial charge in [0, 0.05) is 31.9 Å². The fourth-order valence-electron chi connectivity index (χ4n) is 3.37. The van der Waals surface area contributed by atoms with Crippen molar-refractivity contribution < 1.29 is 4.39 Å². The number of likely N-dealkylation sites (N-methyl/N-ethyl adjacent to an activating group) is 1. The average Bonchev–Trinajstić information content (AvgIpc) is 2.69. The summed E-state index contributed by atoms with van der Waals surface area (Å²) in [5.41, 5.74) is 8.55. The molecule has 2 aromatic carbocycles. The van der Waals surface area contributed by atoms with E-state index in [1.54, 1.807) is 0 Å². The summed E-state index contributed by atoms with van der Waals surface area (Å²) in [6.07, 6.45) is 0.